The fraction of sp³-hybridized carbons (Fsp3) is 0.115. The number of allylic oxidation sites excluding steroid dienone is 1. The molecule has 7 heteroatoms. The van der Waals surface area contributed by atoms with Crippen molar-refractivity contribution in [2.24, 2.45) is 0 Å². The van der Waals surface area contributed by atoms with Crippen LogP contribution in [-0.2, 0) is 4.79 Å². The number of rotatable bonds is 4. The second-order valence-electron chi connectivity index (χ2n) is 8.01. The Bertz CT molecular complexity index is 1360. The SMILES string of the molecule is CC1=C(C(=O)Nc2ccccc2)C(c2ccc(Br)cc2)n2nc(-c3cccc(C)c3)nc2N1. The van der Waals surface area contributed by atoms with Gasteiger partial charge in [-0.25, -0.2) is 4.68 Å². The average Bonchev–Trinajstić information content (AvgIpc) is 3.23. The molecule has 1 atom stereocenters. The van der Waals surface area contributed by atoms with Crippen LogP contribution in [0.5, 0.6) is 0 Å². The van der Waals surface area contributed by atoms with Crippen LogP contribution in [0.15, 0.2) is 94.6 Å². The lowest BCUT2D eigenvalue weighted by molar-refractivity contribution is -0.113. The highest BCUT2D eigenvalue weighted by atomic mass is 79.9. The third-order valence-corrected chi connectivity index (χ3v) is 6.12. The van der Waals surface area contributed by atoms with Crippen LogP contribution in [0.3, 0.4) is 0 Å². The van der Waals surface area contributed by atoms with Crippen molar-refractivity contribution in [2.75, 3.05) is 10.6 Å². The van der Waals surface area contributed by atoms with Crippen LogP contribution in [0.4, 0.5) is 11.6 Å². The zero-order valence-electron chi connectivity index (χ0n) is 18.2. The standard InChI is InChI=1S/C26H22BrN5O/c1-16-7-6-8-19(15-16)24-30-26-28-17(2)22(25(33)29-21-9-4-3-5-10-21)23(32(26)31-24)18-11-13-20(27)14-12-18/h3-15,23H,1-2H3,(H,29,33)(H,28,30,31). The van der Waals surface area contributed by atoms with Crippen molar-refractivity contribution >= 4 is 33.5 Å². The molecule has 1 unspecified atom stereocenters. The number of carbonyl (C=O) groups excluding carboxylic acids is 1. The van der Waals surface area contributed by atoms with E-state index in [1.165, 1.54) is 0 Å². The number of aromatic nitrogens is 3. The highest BCUT2D eigenvalue weighted by Gasteiger charge is 2.34. The van der Waals surface area contributed by atoms with Gasteiger partial charge in [-0.15, -0.1) is 5.10 Å². The van der Waals surface area contributed by atoms with Crippen LogP contribution in [0.1, 0.15) is 24.1 Å². The van der Waals surface area contributed by atoms with Gasteiger partial charge in [0.25, 0.3) is 5.91 Å². The molecule has 0 bridgehead atoms. The topological polar surface area (TPSA) is 71.8 Å². The minimum atomic E-state index is -0.427. The Balaban J connectivity index is 1.61. The highest BCUT2D eigenvalue weighted by molar-refractivity contribution is 9.10. The van der Waals surface area contributed by atoms with Crippen molar-refractivity contribution < 1.29 is 4.79 Å². The normalized spacial score (nSPS) is 15.1. The number of halogens is 1. The monoisotopic (exact) mass is 499 g/mol. The summed E-state index contributed by atoms with van der Waals surface area (Å²) in [7, 11) is 0. The van der Waals surface area contributed by atoms with Gasteiger partial charge in [-0.05, 0) is 49.7 Å². The van der Waals surface area contributed by atoms with E-state index in [2.05, 4.69) is 32.6 Å². The first-order valence-corrected chi connectivity index (χ1v) is 11.4. The first-order chi connectivity index (χ1) is 16.0. The molecule has 1 aliphatic heterocycles. The molecule has 0 saturated heterocycles. The van der Waals surface area contributed by atoms with E-state index in [1.807, 2.05) is 86.6 Å². The molecule has 0 fully saturated rings. The summed E-state index contributed by atoms with van der Waals surface area (Å²) in [5.74, 6) is 1.03. The lowest BCUT2D eigenvalue weighted by Crippen LogP contribution is -2.31. The van der Waals surface area contributed by atoms with E-state index in [0.717, 1.165) is 32.5 Å². The van der Waals surface area contributed by atoms with Crippen LogP contribution in [0.2, 0.25) is 0 Å². The van der Waals surface area contributed by atoms with E-state index in [1.54, 1.807) is 4.68 Å². The van der Waals surface area contributed by atoms with E-state index < -0.39 is 6.04 Å². The number of nitrogens with zero attached hydrogens (tertiary/aromatic N) is 3. The van der Waals surface area contributed by atoms with Crippen molar-refractivity contribution in [3.05, 3.63) is 106 Å². The number of aryl methyl sites for hydroxylation is 1. The smallest absolute Gasteiger partial charge is 0.255 e. The number of nitrogens with one attached hydrogen (secondary N) is 2. The van der Waals surface area contributed by atoms with Crippen molar-refractivity contribution in [2.45, 2.75) is 19.9 Å². The number of amides is 1. The molecule has 1 amide bonds. The van der Waals surface area contributed by atoms with E-state index >= 15 is 0 Å². The largest absolute Gasteiger partial charge is 0.328 e. The Morgan fingerprint density at radius 1 is 1.00 bits per heavy atom. The third-order valence-electron chi connectivity index (χ3n) is 5.59. The van der Waals surface area contributed by atoms with Gasteiger partial charge in [-0.1, -0.05) is 70.0 Å². The molecule has 0 radical (unpaired) electrons. The van der Waals surface area contributed by atoms with E-state index in [4.69, 9.17) is 10.1 Å². The molecule has 1 aliphatic rings. The molecule has 0 spiro atoms. The highest BCUT2D eigenvalue weighted by Crippen LogP contribution is 2.37. The number of fused-ring (bicyclic) bond motifs is 1. The van der Waals surface area contributed by atoms with Gasteiger partial charge in [-0.3, -0.25) is 4.79 Å². The summed E-state index contributed by atoms with van der Waals surface area (Å²) in [6.45, 7) is 3.94. The predicted octanol–water partition coefficient (Wildman–Crippen LogP) is 5.94. The van der Waals surface area contributed by atoms with Crippen LogP contribution >= 0.6 is 15.9 Å². The Kier molecular flexibility index (Phi) is 5.56. The molecule has 0 saturated carbocycles. The summed E-state index contributed by atoms with van der Waals surface area (Å²) >= 11 is 3.50. The number of carbonyl (C=O) groups is 1. The maximum Gasteiger partial charge on any atom is 0.255 e. The van der Waals surface area contributed by atoms with Crippen molar-refractivity contribution in [1.82, 2.24) is 14.8 Å². The second kappa shape index (κ2) is 8.67. The molecule has 164 valence electrons. The van der Waals surface area contributed by atoms with E-state index in [9.17, 15) is 4.79 Å². The Labute approximate surface area is 200 Å². The lowest BCUT2D eigenvalue weighted by Gasteiger charge is -2.28. The first-order valence-electron chi connectivity index (χ1n) is 10.6. The second-order valence-corrected chi connectivity index (χ2v) is 8.93. The summed E-state index contributed by atoms with van der Waals surface area (Å²) in [6.07, 6.45) is 0. The molecule has 6 nitrogen and oxygen atoms in total. The number of para-hydroxylation sites is 1. The quantitative estimate of drug-likeness (QED) is 0.364. The molecule has 33 heavy (non-hydrogen) atoms. The number of anilines is 2. The van der Waals surface area contributed by atoms with Crippen LogP contribution in [-0.4, -0.2) is 20.7 Å². The van der Waals surface area contributed by atoms with Crippen molar-refractivity contribution in [1.29, 1.82) is 0 Å². The lowest BCUT2D eigenvalue weighted by atomic mass is 9.95. The van der Waals surface area contributed by atoms with E-state index in [0.29, 0.717) is 17.3 Å². The molecule has 5 rings (SSSR count). The summed E-state index contributed by atoms with van der Waals surface area (Å²) in [4.78, 5) is 18.2. The van der Waals surface area contributed by atoms with Gasteiger partial charge in [0.05, 0.1) is 5.57 Å². The number of hydrogen-bond donors (Lipinski definition) is 2. The minimum Gasteiger partial charge on any atom is -0.328 e. The van der Waals surface area contributed by atoms with E-state index in [-0.39, 0.29) is 5.91 Å². The van der Waals surface area contributed by atoms with Gasteiger partial charge in [0, 0.05) is 21.4 Å². The summed E-state index contributed by atoms with van der Waals surface area (Å²) in [5.41, 5.74) is 5.08. The van der Waals surface area contributed by atoms with Crippen LogP contribution in [0, 0.1) is 6.92 Å². The molecule has 2 N–H and O–H groups in total. The van der Waals surface area contributed by atoms with Crippen LogP contribution < -0.4 is 10.6 Å². The van der Waals surface area contributed by atoms with Gasteiger partial charge in [0.2, 0.25) is 5.95 Å². The number of hydrogen-bond acceptors (Lipinski definition) is 4. The maximum atomic E-state index is 13.5. The zero-order valence-corrected chi connectivity index (χ0v) is 19.8. The van der Waals surface area contributed by atoms with Crippen molar-refractivity contribution in [3.63, 3.8) is 0 Å². The zero-order chi connectivity index (χ0) is 22.9. The molecular weight excluding hydrogens is 478 g/mol. The molecule has 3 aromatic carbocycles. The Morgan fingerprint density at radius 2 is 1.76 bits per heavy atom. The average molecular weight is 500 g/mol. The minimum absolute atomic E-state index is 0.183. The predicted molar refractivity (Wildman–Crippen MR) is 134 cm³/mol. The molecule has 4 aromatic rings. The van der Waals surface area contributed by atoms with Crippen LogP contribution in [0.25, 0.3) is 11.4 Å². The summed E-state index contributed by atoms with van der Waals surface area (Å²) in [6, 6.07) is 25.0. The molecular formula is C26H22BrN5O. The summed E-state index contributed by atoms with van der Waals surface area (Å²) < 4.78 is 2.77. The molecule has 2 heterocycles. The summed E-state index contributed by atoms with van der Waals surface area (Å²) in [5, 5.41) is 11.1. The fourth-order valence-corrected chi connectivity index (χ4v) is 4.29. The first kappa shape index (κ1) is 21.2. The maximum absolute atomic E-state index is 13.5. The third kappa shape index (κ3) is 4.19. The number of benzene rings is 3. The van der Waals surface area contributed by atoms with Gasteiger partial charge in [0.15, 0.2) is 5.82 Å². The van der Waals surface area contributed by atoms with Gasteiger partial charge in [-0.2, -0.15) is 4.98 Å². The molecule has 1 aromatic heterocycles. The Morgan fingerprint density at radius 3 is 2.48 bits per heavy atom. The molecule has 0 aliphatic carbocycles. The van der Waals surface area contributed by atoms with Gasteiger partial charge < -0.3 is 10.6 Å². The van der Waals surface area contributed by atoms with Crippen molar-refractivity contribution in [3.8, 4) is 11.4 Å². The fourth-order valence-electron chi connectivity index (χ4n) is 4.02. The Hall–Kier alpha value is -3.71. The van der Waals surface area contributed by atoms with Gasteiger partial charge >= 0.3 is 0 Å². The van der Waals surface area contributed by atoms with Gasteiger partial charge in [0.1, 0.15) is 6.04 Å².